The number of amides is 1. The number of aryl methyl sites for hydroxylation is 1. The summed E-state index contributed by atoms with van der Waals surface area (Å²) in [6, 6.07) is 3.97. The molecule has 0 bridgehead atoms. The van der Waals surface area contributed by atoms with E-state index in [1.54, 1.807) is 17.5 Å². The number of nitrogens with one attached hydrogen (secondary N) is 1. The van der Waals surface area contributed by atoms with E-state index in [9.17, 15) is 4.79 Å². The molecule has 0 aliphatic heterocycles. The fourth-order valence-electron chi connectivity index (χ4n) is 2.92. The predicted molar refractivity (Wildman–Crippen MR) is 94.8 cm³/mol. The van der Waals surface area contributed by atoms with Crippen LogP contribution in [0.5, 0.6) is 0 Å². The van der Waals surface area contributed by atoms with Crippen molar-refractivity contribution in [2.45, 2.75) is 44.9 Å². The fraction of sp³-hybridized carbons (Fsp3) is 0.412. The van der Waals surface area contributed by atoms with Crippen LogP contribution >= 0.6 is 27.3 Å². The molecule has 2 aromatic rings. The van der Waals surface area contributed by atoms with Crippen LogP contribution in [0.2, 0.25) is 0 Å². The Labute approximate surface area is 143 Å². The second-order valence-corrected chi connectivity index (χ2v) is 7.60. The molecule has 0 saturated heterocycles. The Kier molecular flexibility index (Phi) is 4.93. The van der Waals surface area contributed by atoms with E-state index >= 15 is 0 Å². The van der Waals surface area contributed by atoms with E-state index in [1.807, 2.05) is 18.4 Å². The highest BCUT2D eigenvalue weighted by atomic mass is 79.9. The molecule has 116 valence electrons. The van der Waals surface area contributed by atoms with Crippen LogP contribution in [0, 0.1) is 6.92 Å². The van der Waals surface area contributed by atoms with Crippen LogP contribution in [-0.2, 0) is 0 Å². The van der Waals surface area contributed by atoms with Crippen molar-refractivity contribution in [3.63, 3.8) is 0 Å². The third-order valence-electron chi connectivity index (χ3n) is 4.22. The van der Waals surface area contributed by atoms with Gasteiger partial charge >= 0.3 is 0 Å². The average molecular weight is 379 g/mol. The van der Waals surface area contributed by atoms with Gasteiger partial charge in [-0.15, -0.1) is 11.3 Å². The molecule has 0 unspecified atom stereocenters. The number of rotatable bonds is 3. The van der Waals surface area contributed by atoms with Crippen LogP contribution < -0.4 is 5.32 Å². The monoisotopic (exact) mass is 378 g/mol. The highest BCUT2D eigenvalue weighted by molar-refractivity contribution is 9.10. The Morgan fingerprint density at radius 2 is 2.09 bits per heavy atom. The number of hydrogen-bond acceptors (Lipinski definition) is 3. The minimum absolute atomic E-state index is 0.0504. The van der Waals surface area contributed by atoms with Gasteiger partial charge < -0.3 is 5.32 Å². The van der Waals surface area contributed by atoms with Gasteiger partial charge in [-0.1, -0.05) is 19.3 Å². The summed E-state index contributed by atoms with van der Waals surface area (Å²) in [5, 5.41) is 4.93. The quantitative estimate of drug-likeness (QED) is 0.714. The van der Waals surface area contributed by atoms with Gasteiger partial charge in [0.25, 0.3) is 5.91 Å². The Morgan fingerprint density at radius 3 is 2.82 bits per heavy atom. The largest absolute Gasteiger partial charge is 0.320 e. The Hall–Kier alpha value is -1.20. The van der Waals surface area contributed by atoms with Gasteiger partial charge in [0, 0.05) is 10.3 Å². The number of aromatic nitrogens is 1. The van der Waals surface area contributed by atoms with E-state index in [4.69, 9.17) is 0 Å². The summed E-state index contributed by atoms with van der Waals surface area (Å²) in [7, 11) is 0. The lowest BCUT2D eigenvalue weighted by molar-refractivity contribution is 0.102. The van der Waals surface area contributed by atoms with Crippen molar-refractivity contribution in [1.29, 1.82) is 0 Å². The van der Waals surface area contributed by atoms with Gasteiger partial charge in [-0.05, 0) is 59.3 Å². The van der Waals surface area contributed by atoms with Gasteiger partial charge in [-0.25, -0.2) is 4.98 Å². The van der Waals surface area contributed by atoms with E-state index < -0.39 is 0 Å². The van der Waals surface area contributed by atoms with Crippen LogP contribution in [0.4, 0.5) is 5.69 Å². The molecule has 1 saturated carbocycles. The van der Waals surface area contributed by atoms with Crippen molar-refractivity contribution in [2.24, 2.45) is 0 Å². The lowest BCUT2D eigenvalue weighted by Gasteiger charge is -2.19. The molecule has 1 fully saturated rings. The zero-order chi connectivity index (χ0) is 15.5. The van der Waals surface area contributed by atoms with Gasteiger partial charge in [0.1, 0.15) is 4.60 Å². The third-order valence-corrected chi connectivity index (χ3v) is 5.74. The van der Waals surface area contributed by atoms with Crippen molar-refractivity contribution in [2.75, 3.05) is 5.32 Å². The normalized spacial score (nSPS) is 15.7. The van der Waals surface area contributed by atoms with Crippen molar-refractivity contribution in [3.05, 3.63) is 44.3 Å². The molecule has 0 radical (unpaired) electrons. The van der Waals surface area contributed by atoms with E-state index in [0.29, 0.717) is 5.92 Å². The lowest BCUT2D eigenvalue weighted by atomic mass is 9.88. The molecular weight excluding hydrogens is 360 g/mol. The molecule has 2 aromatic heterocycles. The second-order valence-electron chi connectivity index (χ2n) is 5.85. The summed E-state index contributed by atoms with van der Waals surface area (Å²) >= 11 is 5.05. The molecule has 3 rings (SSSR count). The first-order valence-corrected chi connectivity index (χ1v) is 9.32. The summed E-state index contributed by atoms with van der Waals surface area (Å²) in [4.78, 5) is 17.9. The van der Waals surface area contributed by atoms with E-state index in [2.05, 4.69) is 32.3 Å². The van der Waals surface area contributed by atoms with E-state index in [0.717, 1.165) is 21.4 Å². The fourth-order valence-corrected chi connectivity index (χ4v) is 4.43. The summed E-state index contributed by atoms with van der Waals surface area (Å²) in [5.74, 6) is 0.599. The molecule has 2 heterocycles. The number of carbonyl (C=O) groups is 1. The van der Waals surface area contributed by atoms with E-state index in [1.165, 1.54) is 37.0 Å². The maximum atomic E-state index is 12.4. The van der Waals surface area contributed by atoms with Crippen molar-refractivity contribution in [3.8, 4) is 0 Å². The Bertz CT molecular complexity index is 677. The molecule has 5 heteroatoms. The molecule has 1 N–H and O–H groups in total. The number of pyridine rings is 1. The number of carbonyl (C=O) groups excluding carboxylic acids is 1. The molecule has 1 amide bonds. The zero-order valence-corrected chi connectivity index (χ0v) is 15.0. The molecular formula is C17H19BrN2OS. The number of thiophene rings is 1. The minimum atomic E-state index is -0.0504. The molecule has 1 aliphatic carbocycles. The smallest absolute Gasteiger partial charge is 0.256 e. The van der Waals surface area contributed by atoms with Crippen LogP contribution in [0.1, 0.15) is 58.8 Å². The van der Waals surface area contributed by atoms with Crippen LogP contribution in [0.3, 0.4) is 0 Å². The van der Waals surface area contributed by atoms with Crippen LogP contribution in [0.15, 0.2) is 28.3 Å². The Balaban J connectivity index is 1.71. The lowest BCUT2D eigenvalue weighted by Crippen LogP contribution is -2.12. The molecule has 3 nitrogen and oxygen atoms in total. The van der Waals surface area contributed by atoms with Gasteiger partial charge in [-0.3, -0.25) is 4.79 Å². The summed E-state index contributed by atoms with van der Waals surface area (Å²) < 4.78 is 0.776. The minimum Gasteiger partial charge on any atom is -0.320 e. The average Bonchev–Trinajstić information content (AvgIpc) is 3.01. The standard InChI is InChI=1S/C17H19BrN2OS/c1-11-7-16(18)19-9-14(11)20-17(21)13-8-15(22-10-13)12-5-3-2-4-6-12/h7-10,12H,2-6H2,1H3,(H,20,21). The molecule has 1 aliphatic rings. The highest BCUT2D eigenvalue weighted by Crippen LogP contribution is 2.36. The number of halogens is 1. The predicted octanol–water partition coefficient (Wildman–Crippen LogP) is 5.51. The summed E-state index contributed by atoms with van der Waals surface area (Å²) in [6.45, 7) is 1.96. The van der Waals surface area contributed by atoms with Crippen LogP contribution in [0.25, 0.3) is 0 Å². The van der Waals surface area contributed by atoms with Gasteiger partial charge in [-0.2, -0.15) is 0 Å². The van der Waals surface area contributed by atoms with Crippen molar-refractivity contribution in [1.82, 2.24) is 4.98 Å². The molecule has 0 spiro atoms. The van der Waals surface area contributed by atoms with Crippen LogP contribution in [-0.4, -0.2) is 10.9 Å². The van der Waals surface area contributed by atoms with Crippen molar-refractivity contribution < 1.29 is 4.79 Å². The SMILES string of the molecule is Cc1cc(Br)ncc1NC(=O)c1csc(C2CCCCC2)c1. The number of hydrogen-bond donors (Lipinski definition) is 1. The number of nitrogens with zero attached hydrogens (tertiary/aromatic N) is 1. The third kappa shape index (κ3) is 3.58. The molecule has 0 atom stereocenters. The first-order chi connectivity index (χ1) is 10.6. The van der Waals surface area contributed by atoms with Crippen molar-refractivity contribution >= 4 is 38.9 Å². The first kappa shape index (κ1) is 15.7. The Morgan fingerprint density at radius 1 is 1.32 bits per heavy atom. The van der Waals surface area contributed by atoms with Gasteiger partial charge in [0.05, 0.1) is 17.4 Å². The first-order valence-electron chi connectivity index (χ1n) is 7.65. The van der Waals surface area contributed by atoms with E-state index in [-0.39, 0.29) is 5.91 Å². The second kappa shape index (κ2) is 6.92. The highest BCUT2D eigenvalue weighted by Gasteiger charge is 2.19. The van der Waals surface area contributed by atoms with Gasteiger partial charge in [0.2, 0.25) is 0 Å². The number of anilines is 1. The summed E-state index contributed by atoms with van der Waals surface area (Å²) in [6.07, 6.45) is 8.19. The summed E-state index contributed by atoms with van der Waals surface area (Å²) in [5.41, 5.74) is 2.52. The maximum absolute atomic E-state index is 12.4. The van der Waals surface area contributed by atoms with Gasteiger partial charge in [0.15, 0.2) is 0 Å². The molecule has 0 aromatic carbocycles. The molecule has 22 heavy (non-hydrogen) atoms. The topological polar surface area (TPSA) is 42.0 Å². The zero-order valence-electron chi connectivity index (χ0n) is 12.6. The maximum Gasteiger partial charge on any atom is 0.256 e.